The van der Waals surface area contributed by atoms with Gasteiger partial charge in [-0.25, -0.2) is 0 Å². The number of hydrogen-bond donors (Lipinski definition) is 2. The smallest absolute Gasteiger partial charge is 0.396 e. The maximum atomic E-state index is 12.0. The minimum Gasteiger partial charge on any atom is -0.396 e. The molecule has 0 radical (unpaired) electrons. The zero-order valence-electron chi connectivity index (χ0n) is 7.01. The molecule has 0 saturated heterocycles. The highest BCUT2D eigenvalue weighted by molar-refractivity contribution is 7.09. The summed E-state index contributed by atoms with van der Waals surface area (Å²) >= 11 is 0.653. The Labute approximate surface area is 82.0 Å². The van der Waals surface area contributed by atoms with E-state index in [1.165, 1.54) is 0 Å². The molecule has 1 heterocycles. The van der Waals surface area contributed by atoms with Gasteiger partial charge in [-0.2, -0.15) is 22.5 Å². The topological polar surface area (TPSA) is 58.0 Å². The van der Waals surface area contributed by atoms with E-state index in [9.17, 15) is 13.2 Å². The summed E-state index contributed by atoms with van der Waals surface area (Å²) in [4.78, 5) is 3.24. The lowest BCUT2D eigenvalue weighted by Crippen LogP contribution is -2.08. The third-order valence-electron chi connectivity index (χ3n) is 1.29. The molecular formula is C6H8F3N3OS. The number of alkyl halides is 3. The van der Waals surface area contributed by atoms with Crippen molar-refractivity contribution < 1.29 is 18.3 Å². The van der Waals surface area contributed by atoms with Crippen LogP contribution in [0.1, 0.15) is 12.2 Å². The first-order valence-electron chi connectivity index (χ1n) is 3.79. The molecule has 0 amide bonds. The molecule has 1 aromatic rings. The molecule has 0 aromatic carbocycles. The summed E-state index contributed by atoms with van der Waals surface area (Å²) in [5.41, 5.74) is 0. The van der Waals surface area contributed by atoms with Gasteiger partial charge in [-0.1, -0.05) is 0 Å². The van der Waals surface area contributed by atoms with E-state index < -0.39 is 12.0 Å². The molecule has 14 heavy (non-hydrogen) atoms. The summed E-state index contributed by atoms with van der Waals surface area (Å²) in [5, 5.41) is 11.2. The molecule has 0 aliphatic rings. The summed E-state index contributed by atoms with van der Waals surface area (Å²) in [6, 6.07) is 0. The molecule has 1 aromatic heterocycles. The first-order chi connectivity index (χ1) is 6.54. The lowest BCUT2D eigenvalue weighted by atomic mass is 10.5. The molecule has 0 saturated carbocycles. The highest BCUT2D eigenvalue weighted by atomic mass is 32.1. The Hall–Kier alpha value is -0.890. The van der Waals surface area contributed by atoms with Crippen molar-refractivity contribution in [3.05, 3.63) is 5.82 Å². The second-order valence-electron chi connectivity index (χ2n) is 2.42. The predicted molar refractivity (Wildman–Crippen MR) is 45.1 cm³/mol. The Morgan fingerprint density at radius 1 is 1.43 bits per heavy atom. The molecule has 80 valence electrons. The number of aliphatic hydroxyl groups excluding tert-OH is 1. The maximum absolute atomic E-state index is 12.0. The van der Waals surface area contributed by atoms with Crippen LogP contribution in [0, 0.1) is 0 Å². The van der Waals surface area contributed by atoms with Gasteiger partial charge in [0.15, 0.2) is 0 Å². The zero-order valence-corrected chi connectivity index (χ0v) is 7.82. The molecule has 0 aliphatic heterocycles. The average molecular weight is 227 g/mol. The first kappa shape index (κ1) is 11.2. The van der Waals surface area contributed by atoms with Gasteiger partial charge in [0.25, 0.3) is 0 Å². The number of halogens is 3. The van der Waals surface area contributed by atoms with Crippen molar-refractivity contribution in [1.29, 1.82) is 0 Å². The van der Waals surface area contributed by atoms with Crippen molar-refractivity contribution in [2.75, 3.05) is 18.5 Å². The van der Waals surface area contributed by atoms with E-state index in [1.807, 2.05) is 0 Å². The van der Waals surface area contributed by atoms with Gasteiger partial charge in [-0.3, -0.25) is 0 Å². The number of nitrogens with zero attached hydrogens (tertiary/aromatic N) is 2. The lowest BCUT2D eigenvalue weighted by molar-refractivity contribution is -0.144. The van der Waals surface area contributed by atoms with E-state index in [0.29, 0.717) is 24.5 Å². The van der Waals surface area contributed by atoms with Crippen LogP contribution in [0.2, 0.25) is 0 Å². The Morgan fingerprint density at radius 2 is 2.14 bits per heavy atom. The van der Waals surface area contributed by atoms with E-state index in [2.05, 4.69) is 14.7 Å². The summed E-state index contributed by atoms with van der Waals surface area (Å²) in [7, 11) is 0. The number of rotatable bonds is 4. The van der Waals surface area contributed by atoms with Crippen LogP contribution in [0.5, 0.6) is 0 Å². The zero-order chi connectivity index (χ0) is 10.6. The van der Waals surface area contributed by atoms with Gasteiger partial charge in [0.05, 0.1) is 0 Å². The van der Waals surface area contributed by atoms with Gasteiger partial charge in [-0.15, -0.1) is 0 Å². The quantitative estimate of drug-likeness (QED) is 0.762. The molecule has 0 fully saturated rings. The largest absolute Gasteiger partial charge is 0.452 e. The molecule has 4 nitrogen and oxygen atoms in total. The summed E-state index contributed by atoms with van der Waals surface area (Å²) in [6.07, 6.45) is -4.03. The van der Waals surface area contributed by atoms with E-state index >= 15 is 0 Å². The average Bonchev–Trinajstić information content (AvgIpc) is 2.52. The minimum atomic E-state index is -4.49. The van der Waals surface area contributed by atoms with Gasteiger partial charge in [-0.05, 0) is 6.42 Å². The predicted octanol–water partition coefficient (Wildman–Crippen LogP) is 1.35. The van der Waals surface area contributed by atoms with Crippen molar-refractivity contribution in [2.45, 2.75) is 12.6 Å². The van der Waals surface area contributed by atoms with Crippen molar-refractivity contribution in [2.24, 2.45) is 0 Å². The Kier molecular flexibility index (Phi) is 3.64. The van der Waals surface area contributed by atoms with Crippen molar-refractivity contribution >= 4 is 16.7 Å². The fraction of sp³-hybridized carbons (Fsp3) is 0.667. The van der Waals surface area contributed by atoms with Crippen LogP contribution in [0.15, 0.2) is 0 Å². The van der Waals surface area contributed by atoms with Gasteiger partial charge in [0.2, 0.25) is 11.0 Å². The Balaban J connectivity index is 2.51. The molecule has 2 N–H and O–H groups in total. The summed E-state index contributed by atoms with van der Waals surface area (Å²) in [5.74, 6) is -1.13. The molecule has 0 spiro atoms. The van der Waals surface area contributed by atoms with E-state index in [-0.39, 0.29) is 11.7 Å². The van der Waals surface area contributed by atoms with Crippen molar-refractivity contribution in [3.63, 3.8) is 0 Å². The molecular weight excluding hydrogens is 219 g/mol. The van der Waals surface area contributed by atoms with Gasteiger partial charge in [0.1, 0.15) is 0 Å². The lowest BCUT2D eigenvalue weighted by Gasteiger charge is -1.99. The molecule has 8 heteroatoms. The van der Waals surface area contributed by atoms with E-state index in [1.54, 1.807) is 0 Å². The van der Waals surface area contributed by atoms with E-state index in [0.717, 1.165) is 0 Å². The van der Waals surface area contributed by atoms with Gasteiger partial charge in [0, 0.05) is 24.7 Å². The molecule has 0 aliphatic carbocycles. The number of aliphatic hydroxyl groups is 1. The number of anilines is 1. The van der Waals surface area contributed by atoms with Crippen LogP contribution < -0.4 is 5.32 Å². The summed E-state index contributed by atoms with van der Waals surface area (Å²) < 4.78 is 39.2. The van der Waals surface area contributed by atoms with Crippen LogP contribution in [0.3, 0.4) is 0 Å². The third-order valence-corrected chi connectivity index (χ3v) is 1.96. The standard InChI is InChI=1S/C6H8F3N3OS/c7-6(8,9)4-11-5(14-12-4)10-2-1-3-13/h13H,1-3H2,(H,10,11,12). The van der Waals surface area contributed by atoms with E-state index in [4.69, 9.17) is 5.11 Å². The van der Waals surface area contributed by atoms with Crippen LogP contribution in [-0.2, 0) is 6.18 Å². The normalized spacial score (nSPS) is 11.7. The minimum absolute atomic E-state index is 0.0159. The Morgan fingerprint density at radius 3 is 2.64 bits per heavy atom. The molecule has 0 unspecified atom stereocenters. The maximum Gasteiger partial charge on any atom is 0.452 e. The number of hydrogen-bond acceptors (Lipinski definition) is 5. The Bertz CT molecular complexity index is 288. The van der Waals surface area contributed by atoms with Gasteiger partial charge >= 0.3 is 6.18 Å². The number of nitrogens with one attached hydrogen (secondary N) is 1. The molecule has 0 atom stereocenters. The second kappa shape index (κ2) is 4.56. The summed E-state index contributed by atoms with van der Waals surface area (Å²) in [6.45, 7) is 0.362. The highest BCUT2D eigenvalue weighted by Crippen LogP contribution is 2.28. The molecule has 1 rings (SSSR count). The van der Waals surface area contributed by atoms with Crippen LogP contribution in [0.25, 0.3) is 0 Å². The SMILES string of the molecule is OCCCNc1nc(C(F)(F)F)ns1. The third kappa shape index (κ3) is 3.11. The monoisotopic (exact) mass is 227 g/mol. The van der Waals surface area contributed by atoms with Gasteiger partial charge < -0.3 is 10.4 Å². The van der Waals surface area contributed by atoms with Crippen molar-refractivity contribution in [1.82, 2.24) is 9.36 Å². The first-order valence-corrected chi connectivity index (χ1v) is 4.57. The highest BCUT2D eigenvalue weighted by Gasteiger charge is 2.35. The fourth-order valence-electron chi connectivity index (χ4n) is 0.685. The molecule has 0 bridgehead atoms. The fourth-order valence-corrected chi connectivity index (χ4v) is 1.30. The van der Waals surface area contributed by atoms with Crippen LogP contribution in [-0.4, -0.2) is 27.6 Å². The van der Waals surface area contributed by atoms with Crippen LogP contribution >= 0.6 is 11.5 Å². The second-order valence-corrected chi connectivity index (χ2v) is 3.18. The van der Waals surface area contributed by atoms with Crippen LogP contribution in [0.4, 0.5) is 18.3 Å². The number of aromatic nitrogens is 2. The van der Waals surface area contributed by atoms with Crippen molar-refractivity contribution in [3.8, 4) is 0 Å².